The molecule has 28 heavy (non-hydrogen) atoms. The lowest BCUT2D eigenvalue weighted by Gasteiger charge is -2.39. The van der Waals surface area contributed by atoms with Crippen molar-refractivity contribution >= 4 is 11.8 Å². The highest BCUT2D eigenvalue weighted by Crippen LogP contribution is 2.36. The van der Waals surface area contributed by atoms with E-state index in [1.54, 1.807) is 0 Å². The fourth-order valence-corrected chi connectivity index (χ4v) is 4.55. The highest BCUT2D eigenvalue weighted by atomic mass is 16.5. The summed E-state index contributed by atoms with van der Waals surface area (Å²) in [4.78, 5) is 24.7. The maximum atomic E-state index is 12.4. The number of hydrogen-bond donors (Lipinski definition) is 2. The SMILES string of the molecule is Cc1ccc2c(c1)C(=O)NCC1(CCC(NC(=O)CCC3CCCO3)CC1)O2. The van der Waals surface area contributed by atoms with Gasteiger partial charge in [0.2, 0.25) is 5.91 Å². The van der Waals surface area contributed by atoms with E-state index in [4.69, 9.17) is 9.47 Å². The molecule has 6 nitrogen and oxygen atoms in total. The smallest absolute Gasteiger partial charge is 0.255 e. The predicted molar refractivity (Wildman–Crippen MR) is 105 cm³/mol. The molecule has 6 heteroatoms. The van der Waals surface area contributed by atoms with Crippen LogP contribution in [0.2, 0.25) is 0 Å². The molecule has 0 aromatic heterocycles. The van der Waals surface area contributed by atoms with Crippen molar-refractivity contribution in [3.05, 3.63) is 29.3 Å². The highest BCUT2D eigenvalue weighted by Gasteiger charge is 2.40. The van der Waals surface area contributed by atoms with Crippen LogP contribution in [-0.2, 0) is 9.53 Å². The molecule has 1 saturated carbocycles. The summed E-state index contributed by atoms with van der Waals surface area (Å²) in [7, 11) is 0. The molecule has 2 aliphatic heterocycles. The van der Waals surface area contributed by atoms with E-state index in [2.05, 4.69) is 10.6 Å². The molecular weight excluding hydrogens is 356 g/mol. The standard InChI is InChI=1S/C22H30N2O4/c1-15-4-6-19-18(13-15)21(26)23-14-22(28-19)10-8-16(9-11-22)24-20(25)7-5-17-3-2-12-27-17/h4,6,13,16-17H,2-3,5,7-12,14H2,1H3,(H,23,26)(H,24,25). The molecular formula is C22H30N2O4. The van der Waals surface area contributed by atoms with Gasteiger partial charge in [-0.25, -0.2) is 0 Å². The average Bonchev–Trinajstić information content (AvgIpc) is 3.17. The zero-order valence-electron chi connectivity index (χ0n) is 16.6. The fraction of sp³-hybridized carbons (Fsp3) is 0.636. The number of carbonyl (C=O) groups excluding carboxylic acids is 2. The van der Waals surface area contributed by atoms with Crippen LogP contribution in [0.5, 0.6) is 5.75 Å². The number of hydrogen-bond acceptors (Lipinski definition) is 4. The quantitative estimate of drug-likeness (QED) is 0.834. The zero-order valence-corrected chi connectivity index (χ0v) is 16.6. The van der Waals surface area contributed by atoms with Crippen LogP contribution >= 0.6 is 0 Å². The molecule has 1 aliphatic carbocycles. The molecule has 152 valence electrons. The molecule has 2 N–H and O–H groups in total. The first-order valence-corrected chi connectivity index (χ1v) is 10.5. The third kappa shape index (κ3) is 4.32. The molecule has 4 rings (SSSR count). The Morgan fingerprint density at radius 3 is 2.86 bits per heavy atom. The van der Waals surface area contributed by atoms with Crippen LogP contribution in [0.4, 0.5) is 0 Å². The number of aryl methyl sites for hydroxylation is 1. The molecule has 0 radical (unpaired) electrons. The molecule has 1 atom stereocenters. The van der Waals surface area contributed by atoms with Gasteiger partial charge in [-0.3, -0.25) is 9.59 Å². The number of nitrogens with one attached hydrogen (secondary N) is 2. The van der Waals surface area contributed by atoms with Crippen LogP contribution in [0, 0.1) is 6.92 Å². The van der Waals surface area contributed by atoms with Gasteiger partial charge in [-0.05, 0) is 64.0 Å². The lowest BCUT2D eigenvalue weighted by molar-refractivity contribution is -0.123. The maximum absolute atomic E-state index is 12.4. The summed E-state index contributed by atoms with van der Waals surface area (Å²) >= 11 is 0. The van der Waals surface area contributed by atoms with Gasteiger partial charge in [-0.2, -0.15) is 0 Å². The number of amides is 2. The van der Waals surface area contributed by atoms with Gasteiger partial charge >= 0.3 is 0 Å². The van der Waals surface area contributed by atoms with Gasteiger partial charge in [0.1, 0.15) is 11.4 Å². The van der Waals surface area contributed by atoms with Gasteiger partial charge < -0.3 is 20.1 Å². The molecule has 2 heterocycles. The molecule has 1 aromatic rings. The normalized spacial score (nSPS) is 29.5. The third-order valence-corrected chi connectivity index (χ3v) is 6.26. The molecule has 3 aliphatic rings. The molecule has 1 unspecified atom stereocenters. The first-order chi connectivity index (χ1) is 13.5. The second-order valence-electron chi connectivity index (χ2n) is 8.48. The summed E-state index contributed by atoms with van der Waals surface area (Å²) in [5.41, 5.74) is 1.28. The Balaban J connectivity index is 1.31. The maximum Gasteiger partial charge on any atom is 0.255 e. The van der Waals surface area contributed by atoms with Gasteiger partial charge in [0, 0.05) is 19.1 Å². The summed E-state index contributed by atoms with van der Waals surface area (Å²) in [5.74, 6) is 0.715. The molecule has 1 aromatic carbocycles. The predicted octanol–water partition coefficient (Wildman–Crippen LogP) is 2.87. The van der Waals surface area contributed by atoms with Gasteiger partial charge in [0.25, 0.3) is 5.91 Å². The number of benzene rings is 1. The van der Waals surface area contributed by atoms with Gasteiger partial charge in [-0.15, -0.1) is 0 Å². The summed E-state index contributed by atoms with van der Waals surface area (Å²) in [6.45, 7) is 3.32. The lowest BCUT2D eigenvalue weighted by atomic mass is 9.81. The van der Waals surface area contributed by atoms with E-state index in [9.17, 15) is 9.59 Å². The van der Waals surface area contributed by atoms with Gasteiger partial charge in [-0.1, -0.05) is 11.6 Å². The lowest BCUT2D eigenvalue weighted by Crippen LogP contribution is -2.51. The van der Waals surface area contributed by atoms with E-state index in [0.29, 0.717) is 24.3 Å². The minimum Gasteiger partial charge on any atom is -0.485 e. The summed E-state index contributed by atoms with van der Waals surface area (Å²) in [6.07, 6.45) is 7.14. The van der Waals surface area contributed by atoms with E-state index in [1.807, 2.05) is 25.1 Å². The van der Waals surface area contributed by atoms with Crippen LogP contribution < -0.4 is 15.4 Å². The van der Waals surface area contributed by atoms with Crippen LogP contribution in [0.3, 0.4) is 0 Å². The van der Waals surface area contributed by atoms with Crippen LogP contribution in [-0.4, -0.2) is 42.7 Å². The highest BCUT2D eigenvalue weighted by molar-refractivity contribution is 5.97. The van der Waals surface area contributed by atoms with Crippen LogP contribution in [0.15, 0.2) is 18.2 Å². The Morgan fingerprint density at radius 2 is 2.11 bits per heavy atom. The minimum absolute atomic E-state index is 0.0693. The van der Waals surface area contributed by atoms with E-state index in [1.165, 1.54) is 0 Å². The Labute approximate surface area is 166 Å². The molecule has 2 amide bonds. The Hall–Kier alpha value is -2.08. The van der Waals surface area contributed by atoms with Crippen molar-refractivity contribution in [3.63, 3.8) is 0 Å². The first-order valence-electron chi connectivity index (χ1n) is 10.5. The van der Waals surface area contributed by atoms with Crippen LogP contribution in [0.1, 0.15) is 67.3 Å². The number of fused-ring (bicyclic) bond motifs is 1. The van der Waals surface area contributed by atoms with Crippen molar-refractivity contribution in [1.82, 2.24) is 10.6 Å². The summed E-state index contributed by atoms with van der Waals surface area (Å²) < 4.78 is 12.0. The van der Waals surface area contributed by atoms with E-state index in [-0.39, 0.29) is 29.6 Å². The molecule has 1 saturated heterocycles. The van der Waals surface area contributed by atoms with Crippen molar-refractivity contribution in [1.29, 1.82) is 0 Å². The van der Waals surface area contributed by atoms with Crippen molar-refractivity contribution < 1.29 is 19.1 Å². The van der Waals surface area contributed by atoms with Crippen molar-refractivity contribution in [3.8, 4) is 5.75 Å². The fourth-order valence-electron chi connectivity index (χ4n) is 4.55. The minimum atomic E-state index is -0.380. The number of ether oxygens (including phenoxy) is 2. The van der Waals surface area contributed by atoms with Crippen molar-refractivity contribution in [2.75, 3.05) is 13.2 Å². The Kier molecular flexibility index (Phi) is 5.58. The third-order valence-electron chi connectivity index (χ3n) is 6.26. The molecule has 2 fully saturated rings. The summed E-state index contributed by atoms with van der Waals surface area (Å²) in [5, 5.41) is 6.21. The monoisotopic (exact) mass is 386 g/mol. The van der Waals surface area contributed by atoms with Gasteiger partial charge in [0.05, 0.1) is 18.2 Å². The van der Waals surface area contributed by atoms with Crippen molar-refractivity contribution in [2.24, 2.45) is 0 Å². The van der Waals surface area contributed by atoms with E-state index in [0.717, 1.165) is 57.1 Å². The topological polar surface area (TPSA) is 76.7 Å². The molecule has 1 spiro atoms. The number of carbonyl (C=O) groups is 2. The van der Waals surface area contributed by atoms with E-state index >= 15 is 0 Å². The summed E-state index contributed by atoms with van der Waals surface area (Å²) in [6, 6.07) is 5.94. The van der Waals surface area contributed by atoms with Gasteiger partial charge in [0.15, 0.2) is 0 Å². The average molecular weight is 386 g/mol. The van der Waals surface area contributed by atoms with Crippen LogP contribution in [0.25, 0.3) is 0 Å². The second-order valence-corrected chi connectivity index (χ2v) is 8.48. The number of rotatable bonds is 4. The molecule has 0 bridgehead atoms. The van der Waals surface area contributed by atoms with E-state index < -0.39 is 0 Å². The Bertz CT molecular complexity index is 734. The van der Waals surface area contributed by atoms with Crippen molar-refractivity contribution in [2.45, 2.75) is 76.0 Å². The first kappa shape index (κ1) is 19.2. The second kappa shape index (κ2) is 8.11. The zero-order chi connectivity index (χ0) is 19.6. The largest absolute Gasteiger partial charge is 0.485 e. The Morgan fingerprint density at radius 1 is 1.29 bits per heavy atom.